The number of ether oxygens (including phenoxy) is 1. The molecule has 1 aromatic carbocycles. The molecular weight excluding hydrogens is 362 g/mol. The molecule has 2 atom stereocenters. The Morgan fingerprint density at radius 1 is 1.28 bits per heavy atom. The van der Waals surface area contributed by atoms with Gasteiger partial charge in [0.25, 0.3) is 0 Å². The first-order valence-corrected chi connectivity index (χ1v) is 11.2. The van der Waals surface area contributed by atoms with Crippen LogP contribution in [0.3, 0.4) is 0 Å². The maximum absolute atomic E-state index is 5.21. The van der Waals surface area contributed by atoms with Gasteiger partial charge in [-0.25, -0.2) is 4.68 Å². The van der Waals surface area contributed by atoms with Crippen LogP contribution in [0, 0.1) is 25.2 Å². The van der Waals surface area contributed by atoms with E-state index in [2.05, 4.69) is 52.9 Å². The van der Waals surface area contributed by atoms with Gasteiger partial charge in [0.15, 0.2) is 5.82 Å². The Bertz CT molecular complexity index is 813. The van der Waals surface area contributed by atoms with Gasteiger partial charge in [-0.05, 0) is 91.8 Å². The molecule has 1 heterocycles. The third-order valence-corrected chi connectivity index (χ3v) is 6.89. The van der Waals surface area contributed by atoms with Crippen LogP contribution in [0.2, 0.25) is 0 Å². The molecule has 2 aliphatic carbocycles. The van der Waals surface area contributed by atoms with Crippen LogP contribution in [0.1, 0.15) is 73.5 Å². The summed E-state index contributed by atoms with van der Waals surface area (Å²) in [6.45, 7) is 6.85. The van der Waals surface area contributed by atoms with Gasteiger partial charge in [-0.1, -0.05) is 30.2 Å². The number of hydrogen-bond donors (Lipinski definition) is 1. The van der Waals surface area contributed by atoms with E-state index in [4.69, 9.17) is 4.74 Å². The molecule has 2 unspecified atom stereocenters. The molecule has 2 aromatic rings. The maximum atomic E-state index is 5.21. The minimum Gasteiger partial charge on any atom is -0.385 e. The number of aryl methyl sites for hydroxylation is 3. The van der Waals surface area contributed by atoms with Gasteiger partial charge in [-0.2, -0.15) is 0 Å². The van der Waals surface area contributed by atoms with Crippen molar-refractivity contribution in [1.82, 2.24) is 25.5 Å². The SMILES string of the molecule is COCCCn1nnnc1C(NCC1CCCC2(CC2)C1)c1cc(C)ccc1C. The molecule has 2 saturated carbocycles. The molecule has 2 fully saturated rings. The fraction of sp³-hybridized carbons (Fsp3) is 0.696. The third-order valence-electron chi connectivity index (χ3n) is 6.89. The number of rotatable bonds is 9. The third kappa shape index (κ3) is 4.86. The summed E-state index contributed by atoms with van der Waals surface area (Å²) in [6, 6.07) is 6.68. The highest BCUT2D eigenvalue weighted by Crippen LogP contribution is 2.57. The van der Waals surface area contributed by atoms with E-state index in [-0.39, 0.29) is 6.04 Å². The molecule has 1 aromatic heterocycles. The first kappa shape index (κ1) is 20.5. The molecule has 0 radical (unpaired) electrons. The van der Waals surface area contributed by atoms with Crippen molar-refractivity contribution in [2.75, 3.05) is 20.3 Å². The summed E-state index contributed by atoms with van der Waals surface area (Å²) in [7, 11) is 1.73. The van der Waals surface area contributed by atoms with Gasteiger partial charge in [0.1, 0.15) is 0 Å². The minimum atomic E-state index is 0.0181. The zero-order valence-corrected chi connectivity index (χ0v) is 18.2. The highest BCUT2D eigenvalue weighted by Gasteiger charge is 2.45. The van der Waals surface area contributed by atoms with Crippen LogP contribution >= 0.6 is 0 Å². The lowest BCUT2D eigenvalue weighted by Gasteiger charge is -2.31. The van der Waals surface area contributed by atoms with Crippen molar-refractivity contribution >= 4 is 0 Å². The zero-order chi connectivity index (χ0) is 20.3. The van der Waals surface area contributed by atoms with E-state index < -0.39 is 0 Å². The molecule has 2 aliphatic rings. The van der Waals surface area contributed by atoms with Crippen LogP contribution in [-0.2, 0) is 11.3 Å². The lowest BCUT2D eigenvalue weighted by atomic mass is 9.79. The van der Waals surface area contributed by atoms with Gasteiger partial charge in [0.2, 0.25) is 0 Å². The van der Waals surface area contributed by atoms with Crippen molar-refractivity contribution in [3.63, 3.8) is 0 Å². The van der Waals surface area contributed by atoms with Crippen molar-refractivity contribution in [3.05, 3.63) is 40.7 Å². The predicted octanol–water partition coefficient (Wildman–Crippen LogP) is 3.98. The van der Waals surface area contributed by atoms with E-state index in [0.717, 1.165) is 31.3 Å². The lowest BCUT2D eigenvalue weighted by Crippen LogP contribution is -2.33. The van der Waals surface area contributed by atoms with Crippen LogP contribution in [0.5, 0.6) is 0 Å². The number of benzene rings is 1. The molecule has 0 saturated heterocycles. The molecule has 29 heavy (non-hydrogen) atoms. The molecule has 0 aliphatic heterocycles. The highest BCUT2D eigenvalue weighted by atomic mass is 16.5. The molecule has 0 amide bonds. The average molecular weight is 398 g/mol. The summed E-state index contributed by atoms with van der Waals surface area (Å²) in [6.07, 6.45) is 9.35. The standard InChI is InChI=1S/C23H35N5O/c1-17-7-8-18(2)20(14-17)21(22-25-26-27-28(22)12-5-13-29-3)24-16-19-6-4-9-23(15-19)10-11-23/h7-8,14,19,21,24H,4-6,9-13,15-16H2,1-3H3. The van der Waals surface area contributed by atoms with Crippen LogP contribution < -0.4 is 5.32 Å². The summed E-state index contributed by atoms with van der Waals surface area (Å²) < 4.78 is 7.16. The summed E-state index contributed by atoms with van der Waals surface area (Å²) in [5.41, 5.74) is 4.53. The molecule has 1 N–H and O–H groups in total. The summed E-state index contributed by atoms with van der Waals surface area (Å²) in [5.74, 6) is 1.67. The van der Waals surface area contributed by atoms with Crippen molar-refractivity contribution < 1.29 is 4.74 Å². The maximum Gasteiger partial charge on any atom is 0.172 e. The first-order valence-electron chi connectivity index (χ1n) is 11.2. The largest absolute Gasteiger partial charge is 0.385 e. The van der Waals surface area contributed by atoms with Gasteiger partial charge in [-0.3, -0.25) is 0 Å². The van der Waals surface area contributed by atoms with Gasteiger partial charge in [0.05, 0.1) is 6.04 Å². The van der Waals surface area contributed by atoms with E-state index >= 15 is 0 Å². The molecular formula is C23H35N5O. The van der Waals surface area contributed by atoms with Crippen molar-refractivity contribution in [1.29, 1.82) is 0 Å². The van der Waals surface area contributed by atoms with Crippen molar-refractivity contribution in [3.8, 4) is 0 Å². The molecule has 0 bridgehead atoms. The summed E-state index contributed by atoms with van der Waals surface area (Å²) in [5, 5.41) is 16.6. The van der Waals surface area contributed by atoms with Crippen molar-refractivity contribution in [2.24, 2.45) is 11.3 Å². The second-order valence-corrected chi connectivity index (χ2v) is 9.27. The van der Waals surface area contributed by atoms with Crippen molar-refractivity contribution in [2.45, 2.75) is 71.4 Å². The van der Waals surface area contributed by atoms with Gasteiger partial charge < -0.3 is 10.1 Å². The number of nitrogens with zero attached hydrogens (tertiary/aromatic N) is 4. The Kier molecular flexibility index (Phi) is 6.30. The van der Waals surface area contributed by atoms with Crippen LogP contribution in [0.15, 0.2) is 18.2 Å². The Morgan fingerprint density at radius 3 is 2.93 bits per heavy atom. The Balaban J connectivity index is 1.55. The van der Waals surface area contributed by atoms with E-state index in [1.807, 2.05) is 4.68 Å². The minimum absolute atomic E-state index is 0.0181. The second-order valence-electron chi connectivity index (χ2n) is 9.27. The normalized spacial score (nSPS) is 21.4. The summed E-state index contributed by atoms with van der Waals surface area (Å²) in [4.78, 5) is 0. The molecule has 6 heteroatoms. The number of nitrogens with one attached hydrogen (secondary N) is 1. The predicted molar refractivity (Wildman–Crippen MR) is 114 cm³/mol. The number of hydrogen-bond acceptors (Lipinski definition) is 5. The molecule has 158 valence electrons. The van der Waals surface area contributed by atoms with Crippen LogP contribution in [0.25, 0.3) is 0 Å². The van der Waals surface area contributed by atoms with Gasteiger partial charge in [0, 0.05) is 20.3 Å². The van der Waals surface area contributed by atoms with Gasteiger partial charge in [-0.15, -0.1) is 5.10 Å². The fourth-order valence-electron chi connectivity index (χ4n) is 5.02. The van der Waals surface area contributed by atoms with Gasteiger partial charge >= 0.3 is 0 Å². The Morgan fingerprint density at radius 2 is 2.14 bits per heavy atom. The second kappa shape index (κ2) is 8.92. The highest BCUT2D eigenvalue weighted by molar-refractivity contribution is 5.36. The quantitative estimate of drug-likeness (QED) is 0.649. The Labute approximate surface area is 174 Å². The molecule has 1 spiro atoms. The van der Waals surface area contributed by atoms with Crippen LogP contribution in [-0.4, -0.2) is 40.5 Å². The number of tetrazole rings is 1. The lowest BCUT2D eigenvalue weighted by molar-refractivity contribution is 0.188. The van der Waals surface area contributed by atoms with E-state index in [1.54, 1.807) is 7.11 Å². The van der Waals surface area contributed by atoms with E-state index in [1.165, 1.54) is 55.2 Å². The average Bonchev–Trinajstić information content (AvgIpc) is 3.28. The Hall–Kier alpha value is -1.79. The smallest absolute Gasteiger partial charge is 0.172 e. The molecule has 6 nitrogen and oxygen atoms in total. The monoisotopic (exact) mass is 397 g/mol. The van der Waals surface area contributed by atoms with Crippen LogP contribution in [0.4, 0.5) is 0 Å². The van der Waals surface area contributed by atoms with E-state index in [0.29, 0.717) is 12.0 Å². The molecule has 4 rings (SSSR count). The zero-order valence-electron chi connectivity index (χ0n) is 18.2. The number of aromatic nitrogens is 4. The fourth-order valence-corrected chi connectivity index (χ4v) is 5.02. The van der Waals surface area contributed by atoms with E-state index in [9.17, 15) is 0 Å². The number of methoxy groups -OCH3 is 1. The first-order chi connectivity index (χ1) is 14.1. The summed E-state index contributed by atoms with van der Waals surface area (Å²) >= 11 is 0. The topological polar surface area (TPSA) is 64.9 Å².